The summed E-state index contributed by atoms with van der Waals surface area (Å²) in [5.41, 5.74) is 0.121. The standard InChI is InChI=1S/C9H21N3O2S/c1-9(2,3)11-5-7-12(8-6-11)15(13,14)10-4/h10H,5-8H2,1-4H3. The molecule has 1 saturated heterocycles. The number of rotatable bonds is 2. The molecule has 1 N–H and O–H groups in total. The molecule has 0 atom stereocenters. The van der Waals surface area contributed by atoms with Crippen LogP contribution in [0.1, 0.15) is 20.8 Å². The lowest BCUT2D eigenvalue weighted by Crippen LogP contribution is -2.56. The molecule has 1 aliphatic rings. The van der Waals surface area contributed by atoms with Gasteiger partial charge >= 0.3 is 0 Å². The molecule has 0 bridgehead atoms. The number of hydrogen-bond acceptors (Lipinski definition) is 3. The van der Waals surface area contributed by atoms with Crippen LogP contribution in [0, 0.1) is 0 Å². The summed E-state index contributed by atoms with van der Waals surface area (Å²) >= 11 is 0. The molecule has 0 saturated carbocycles. The molecule has 15 heavy (non-hydrogen) atoms. The van der Waals surface area contributed by atoms with Crippen molar-refractivity contribution in [1.29, 1.82) is 0 Å². The summed E-state index contributed by atoms with van der Waals surface area (Å²) < 4.78 is 26.9. The van der Waals surface area contributed by atoms with Crippen molar-refractivity contribution < 1.29 is 8.42 Å². The highest BCUT2D eigenvalue weighted by molar-refractivity contribution is 7.87. The fourth-order valence-electron chi connectivity index (χ4n) is 1.73. The van der Waals surface area contributed by atoms with Gasteiger partial charge in [0.15, 0.2) is 0 Å². The monoisotopic (exact) mass is 235 g/mol. The van der Waals surface area contributed by atoms with Crippen molar-refractivity contribution in [2.75, 3.05) is 33.2 Å². The summed E-state index contributed by atoms with van der Waals surface area (Å²) in [6.07, 6.45) is 0. The highest BCUT2D eigenvalue weighted by atomic mass is 32.2. The third-order valence-electron chi connectivity index (χ3n) is 2.79. The van der Waals surface area contributed by atoms with Crippen molar-refractivity contribution in [3.05, 3.63) is 0 Å². The van der Waals surface area contributed by atoms with Gasteiger partial charge in [-0.3, -0.25) is 4.90 Å². The Morgan fingerprint density at radius 1 is 1.07 bits per heavy atom. The fraction of sp³-hybridized carbons (Fsp3) is 1.00. The van der Waals surface area contributed by atoms with Crippen LogP contribution in [-0.4, -0.2) is 56.4 Å². The lowest BCUT2D eigenvalue weighted by molar-refractivity contribution is 0.0918. The van der Waals surface area contributed by atoms with Gasteiger partial charge < -0.3 is 0 Å². The maximum atomic E-state index is 11.5. The van der Waals surface area contributed by atoms with Crippen molar-refractivity contribution in [3.8, 4) is 0 Å². The summed E-state index contributed by atoms with van der Waals surface area (Å²) in [6, 6.07) is 0. The second-order valence-corrected chi connectivity index (χ2v) is 6.64. The Balaban J connectivity index is 2.57. The summed E-state index contributed by atoms with van der Waals surface area (Å²) in [4.78, 5) is 2.30. The van der Waals surface area contributed by atoms with E-state index in [0.29, 0.717) is 13.1 Å². The van der Waals surface area contributed by atoms with Crippen LogP contribution >= 0.6 is 0 Å². The molecule has 0 radical (unpaired) electrons. The molecule has 1 rings (SSSR count). The third kappa shape index (κ3) is 3.14. The van der Waals surface area contributed by atoms with Crippen LogP contribution in [0.15, 0.2) is 0 Å². The van der Waals surface area contributed by atoms with Gasteiger partial charge in [-0.2, -0.15) is 12.7 Å². The van der Waals surface area contributed by atoms with E-state index in [2.05, 4.69) is 30.4 Å². The van der Waals surface area contributed by atoms with E-state index in [1.54, 1.807) is 0 Å². The Hall–Kier alpha value is -0.170. The number of piperazine rings is 1. The van der Waals surface area contributed by atoms with Gasteiger partial charge in [-0.15, -0.1) is 0 Å². The maximum Gasteiger partial charge on any atom is 0.279 e. The lowest BCUT2D eigenvalue weighted by atomic mass is 10.1. The molecular weight excluding hydrogens is 214 g/mol. The van der Waals surface area contributed by atoms with E-state index in [4.69, 9.17) is 0 Å². The SMILES string of the molecule is CNS(=O)(=O)N1CCN(C(C)(C)C)CC1. The highest BCUT2D eigenvalue weighted by Crippen LogP contribution is 2.16. The fourth-order valence-corrected chi connectivity index (χ4v) is 2.63. The molecule has 1 heterocycles. The first-order valence-corrected chi connectivity index (χ1v) is 6.65. The summed E-state index contributed by atoms with van der Waals surface area (Å²) in [7, 11) is -1.78. The molecule has 0 aromatic rings. The molecule has 0 aromatic heterocycles. The Bertz CT molecular complexity index is 300. The molecule has 1 fully saturated rings. The molecule has 0 aliphatic carbocycles. The van der Waals surface area contributed by atoms with Gasteiger partial charge in [0.1, 0.15) is 0 Å². The van der Waals surface area contributed by atoms with Crippen LogP contribution in [0.3, 0.4) is 0 Å². The minimum atomic E-state index is -3.23. The zero-order valence-electron chi connectivity index (χ0n) is 9.95. The Labute approximate surface area is 92.6 Å². The van der Waals surface area contributed by atoms with Crippen LogP contribution in [0.4, 0.5) is 0 Å². The quantitative estimate of drug-likeness (QED) is 0.725. The number of nitrogens with zero attached hydrogens (tertiary/aromatic N) is 2. The second kappa shape index (κ2) is 4.37. The maximum absolute atomic E-state index is 11.5. The Morgan fingerprint density at radius 3 is 1.87 bits per heavy atom. The zero-order valence-corrected chi connectivity index (χ0v) is 10.8. The molecular formula is C9H21N3O2S. The molecule has 6 heteroatoms. The first-order valence-electron chi connectivity index (χ1n) is 5.21. The van der Waals surface area contributed by atoms with Crippen LogP contribution in [0.25, 0.3) is 0 Å². The Morgan fingerprint density at radius 2 is 1.53 bits per heavy atom. The van der Waals surface area contributed by atoms with Crippen LogP contribution in [-0.2, 0) is 10.2 Å². The van der Waals surface area contributed by atoms with E-state index >= 15 is 0 Å². The van der Waals surface area contributed by atoms with Crippen LogP contribution in [0.5, 0.6) is 0 Å². The molecule has 0 spiro atoms. The molecule has 0 unspecified atom stereocenters. The van der Waals surface area contributed by atoms with Gasteiger partial charge in [-0.1, -0.05) is 0 Å². The largest absolute Gasteiger partial charge is 0.296 e. The smallest absolute Gasteiger partial charge is 0.279 e. The van der Waals surface area contributed by atoms with E-state index in [1.807, 2.05) is 0 Å². The Kier molecular flexibility index (Phi) is 3.76. The highest BCUT2D eigenvalue weighted by Gasteiger charge is 2.30. The van der Waals surface area contributed by atoms with Gasteiger partial charge in [0.05, 0.1) is 0 Å². The average molecular weight is 235 g/mol. The average Bonchev–Trinajstić information content (AvgIpc) is 2.17. The van der Waals surface area contributed by atoms with Gasteiger partial charge in [-0.25, -0.2) is 4.72 Å². The number of hydrogen-bond donors (Lipinski definition) is 1. The van der Waals surface area contributed by atoms with Crippen molar-refractivity contribution in [2.24, 2.45) is 0 Å². The lowest BCUT2D eigenvalue weighted by Gasteiger charge is -2.41. The van der Waals surface area contributed by atoms with Gasteiger partial charge in [0, 0.05) is 38.8 Å². The minimum Gasteiger partial charge on any atom is -0.296 e. The van der Waals surface area contributed by atoms with Crippen LogP contribution in [0.2, 0.25) is 0 Å². The van der Waals surface area contributed by atoms with Gasteiger partial charge in [0.25, 0.3) is 10.2 Å². The summed E-state index contributed by atoms with van der Waals surface area (Å²) in [5.74, 6) is 0. The molecule has 0 aromatic carbocycles. The summed E-state index contributed by atoms with van der Waals surface area (Å²) in [6.45, 7) is 9.18. The number of nitrogens with one attached hydrogen (secondary N) is 1. The van der Waals surface area contributed by atoms with Crippen molar-refractivity contribution in [3.63, 3.8) is 0 Å². The minimum absolute atomic E-state index is 0.121. The first kappa shape index (κ1) is 12.9. The van der Waals surface area contributed by atoms with Crippen molar-refractivity contribution >= 4 is 10.2 Å². The predicted molar refractivity (Wildman–Crippen MR) is 60.9 cm³/mol. The topological polar surface area (TPSA) is 52.7 Å². The van der Waals surface area contributed by atoms with E-state index in [0.717, 1.165) is 13.1 Å². The van der Waals surface area contributed by atoms with E-state index in [9.17, 15) is 8.42 Å². The predicted octanol–water partition coefficient (Wildman–Crippen LogP) is -0.133. The molecule has 1 aliphatic heterocycles. The second-order valence-electron chi connectivity index (χ2n) is 4.77. The van der Waals surface area contributed by atoms with Crippen LogP contribution < -0.4 is 4.72 Å². The van der Waals surface area contributed by atoms with E-state index < -0.39 is 10.2 Å². The van der Waals surface area contributed by atoms with E-state index in [1.165, 1.54) is 11.4 Å². The molecule has 5 nitrogen and oxygen atoms in total. The molecule has 0 amide bonds. The normalized spacial score (nSPS) is 21.9. The first-order chi connectivity index (χ1) is 6.77. The van der Waals surface area contributed by atoms with E-state index in [-0.39, 0.29) is 5.54 Å². The van der Waals surface area contributed by atoms with Gasteiger partial charge in [0.2, 0.25) is 0 Å². The summed E-state index contributed by atoms with van der Waals surface area (Å²) in [5, 5.41) is 0. The molecule has 90 valence electrons. The van der Waals surface area contributed by atoms with Crippen molar-refractivity contribution in [2.45, 2.75) is 26.3 Å². The third-order valence-corrected chi connectivity index (χ3v) is 4.35. The zero-order chi connectivity index (χ0) is 11.7. The van der Waals surface area contributed by atoms with Crippen molar-refractivity contribution in [1.82, 2.24) is 13.9 Å². The van der Waals surface area contributed by atoms with Gasteiger partial charge in [-0.05, 0) is 20.8 Å².